The van der Waals surface area contributed by atoms with Crippen LogP contribution in [0.5, 0.6) is 0 Å². The second-order valence-corrected chi connectivity index (χ2v) is 18.0. The molecule has 0 atom stereocenters. The summed E-state index contributed by atoms with van der Waals surface area (Å²) < 4.78 is 19.7. The molecule has 39 heavy (non-hydrogen) atoms. The van der Waals surface area contributed by atoms with Crippen LogP contribution in [-0.2, 0) is 22.8 Å². The molecule has 0 radical (unpaired) electrons. The summed E-state index contributed by atoms with van der Waals surface area (Å²) in [7, 11) is -1.16. The maximum atomic E-state index is 7.55. The lowest BCUT2D eigenvalue weighted by Crippen LogP contribution is -2.37. The Bertz CT molecular complexity index is 1310. The van der Waals surface area contributed by atoms with Crippen LogP contribution in [0.15, 0.2) is 28.8 Å². The zero-order valence-electron chi connectivity index (χ0n) is 22.8. The Balaban J connectivity index is 1.19. The Morgan fingerprint density at radius 1 is 1.13 bits per heavy atom. The molecule has 1 aromatic carbocycles. The van der Waals surface area contributed by atoms with E-state index in [4.69, 9.17) is 43.8 Å². The molecule has 3 heterocycles. The molecule has 1 saturated heterocycles. The fraction of sp³-hybridized carbons (Fsp3) is 0.536. The lowest BCUT2D eigenvalue weighted by atomic mass is 10.0. The standard InChI is InChI=1S/C28H35Cl2N5O3Si/c1-31-24-16-25(32-35(24)18-36-14-15-39(2,3)4)34-12-10-20(11-13-34)37-17-21-27(33-38-28(21)19-8-9-19)26-22(29)6-5-7-23(26)30/h5-7,16,19-20H,8-15,17-18H2,2-4H3. The van der Waals surface area contributed by atoms with Gasteiger partial charge in [-0.2, -0.15) is 4.68 Å². The van der Waals surface area contributed by atoms with Crippen molar-refractivity contribution in [3.63, 3.8) is 0 Å². The summed E-state index contributed by atoms with van der Waals surface area (Å²) in [6.45, 7) is 17.5. The van der Waals surface area contributed by atoms with Gasteiger partial charge in [0, 0.05) is 50.9 Å². The molecule has 5 rings (SSSR count). The van der Waals surface area contributed by atoms with Gasteiger partial charge in [0.1, 0.15) is 11.5 Å². The van der Waals surface area contributed by atoms with Crippen LogP contribution in [0.25, 0.3) is 16.1 Å². The van der Waals surface area contributed by atoms with Crippen LogP contribution in [0, 0.1) is 6.57 Å². The predicted molar refractivity (Wildman–Crippen MR) is 157 cm³/mol. The fourth-order valence-electron chi connectivity index (χ4n) is 4.76. The molecule has 1 saturated carbocycles. The molecule has 2 aromatic heterocycles. The minimum Gasteiger partial charge on any atom is -0.373 e. The number of hydrogen-bond acceptors (Lipinski definition) is 6. The van der Waals surface area contributed by atoms with Gasteiger partial charge in [0.05, 0.1) is 22.8 Å². The van der Waals surface area contributed by atoms with E-state index in [-0.39, 0.29) is 6.10 Å². The van der Waals surface area contributed by atoms with Crippen molar-refractivity contribution in [2.75, 3.05) is 24.6 Å². The van der Waals surface area contributed by atoms with E-state index in [1.807, 2.05) is 24.3 Å². The maximum absolute atomic E-state index is 7.55. The quantitative estimate of drug-likeness (QED) is 0.130. The summed E-state index contributed by atoms with van der Waals surface area (Å²) >= 11 is 13.0. The summed E-state index contributed by atoms with van der Waals surface area (Å²) in [4.78, 5) is 5.87. The third kappa shape index (κ3) is 6.87. The summed E-state index contributed by atoms with van der Waals surface area (Å²) in [5, 5.41) is 10.1. The number of halogens is 2. The zero-order chi connectivity index (χ0) is 27.6. The largest absolute Gasteiger partial charge is 0.373 e. The molecular formula is C28H35Cl2N5O3Si. The summed E-state index contributed by atoms with van der Waals surface area (Å²) in [5.74, 6) is 2.60. The monoisotopic (exact) mass is 587 g/mol. The van der Waals surface area contributed by atoms with Crippen LogP contribution < -0.4 is 4.90 Å². The highest BCUT2D eigenvalue weighted by molar-refractivity contribution is 6.76. The summed E-state index contributed by atoms with van der Waals surface area (Å²) in [5.41, 5.74) is 2.32. The molecule has 2 fully saturated rings. The zero-order valence-corrected chi connectivity index (χ0v) is 25.3. The normalized spacial score (nSPS) is 16.6. The Hall–Kier alpha value is -2.35. The van der Waals surface area contributed by atoms with E-state index in [1.54, 1.807) is 4.68 Å². The first-order valence-corrected chi connectivity index (χ1v) is 18.0. The van der Waals surface area contributed by atoms with Crippen LogP contribution in [0.2, 0.25) is 35.7 Å². The van der Waals surface area contributed by atoms with Gasteiger partial charge < -0.3 is 23.7 Å². The average Bonchev–Trinajstić information content (AvgIpc) is 3.53. The minimum absolute atomic E-state index is 0.102. The number of hydrogen-bond donors (Lipinski definition) is 0. The van der Waals surface area contributed by atoms with E-state index in [0.717, 1.165) is 62.0 Å². The molecule has 11 heteroatoms. The van der Waals surface area contributed by atoms with Crippen molar-refractivity contribution in [1.82, 2.24) is 14.9 Å². The highest BCUT2D eigenvalue weighted by atomic mass is 35.5. The van der Waals surface area contributed by atoms with Gasteiger partial charge in [-0.1, -0.05) is 65.7 Å². The second kappa shape index (κ2) is 12.0. The van der Waals surface area contributed by atoms with Crippen LogP contribution in [-0.4, -0.2) is 48.8 Å². The lowest BCUT2D eigenvalue weighted by Gasteiger charge is -2.31. The Kier molecular flexibility index (Phi) is 8.69. The molecule has 8 nitrogen and oxygen atoms in total. The Morgan fingerprint density at radius 3 is 2.49 bits per heavy atom. The minimum atomic E-state index is -1.16. The molecule has 2 aliphatic rings. The number of benzene rings is 1. The van der Waals surface area contributed by atoms with E-state index in [2.05, 4.69) is 39.6 Å². The van der Waals surface area contributed by atoms with Crippen molar-refractivity contribution in [1.29, 1.82) is 0 Å². The van der Waals surface area contributed by atoms with Crippen molar-refractivity contribution < 1.29 is 14.0 Å². The topological polar surface area (TPSA) is 69.9 Å². The van der Waals surface area contributed by atoms with E-state index in [0.29, 0.717) is 53.0 Å². The van der Waals surface area contributed by atoms with Gasteiger partial charge in [-0.25, -0.2) is 0 Å². The van der Waals surface area contributed by atoms with Gasteiger partial charge in [0.25, 0.3) is 5.82 Å². The van der Waals surface area contributed by atoms with Crippen LogP contribution in [0.4, 0.5) is 11.6 Å². The lowest BCUT2D eigenvalue weighted by molar-refractivity contribution is 0.0245. The van der Waals surface area contributed by atoms with Crippen molar-refractivity contribution in [2.24, 2.45) is 0 Å². The van der Waals surface area contributed by atoms with Gasteiger partial charge >= 0.3 is 0 Å². The van der Waals surface area contributed by atoms with E-state index < -0.39 is 8.07 Å². The number of rotatable bonds is 11. The van der Waals surface area contributed by atoms with Gasteiger partial charge in [0.2, 0.25) is 0 Å². The average molecular weight is 589 g/mol. The van der Waals surface area contributed by atoms with E-state index >= 15 is 0 Å². The summed E-state index contributed by atoms with van der Waals surface area (Å²) in [6.07, 6.45) is 4.01. The van der Waals surface area contributed by atoms with Gasteiger partial charge in [0.15, 0.2) is 12.5 Å². The van der Waals surface area contributed by atoms with Crippen molar-refractivity contribution in [2.45, 2.75) is 76.7 Å². The molecule has 0 bridgehead atoms. The number of aromatic nitrogens is 3. The molecule has 3 aromatic rings. The first-order valence-electron chi connectivity index (χ1n) is 13.6. The molecule has 0 unspecified atom stereocenters. The second-order valence-electron chi connectivity index (χ2n) is 11.6. The number of ether oxygens (including phenoxy) is 2. The van der Waals surface area contributed by atoms with E-state index in [9.17, 15) is 0 Å². The fourth-order valence-corrected chi connectivity index (χ4v) is 6.10. The molecule has 0 N–H and O–H groups in total. The molecule has 208 valence electrons. The van der Waals surface area contributed by atoms with Crippen molar-refractivity contribution in [3.05, 3.63) is 57.1 Å². The molecule has 0 amide bonds. The smallest absolute Gasteiger partial charge is 0.256 e. The first-order chi connectivity index (χ1) is 18.7. The van der Waals surface area contributed by atoms with Crippen LogP contribution >= 0.6 is 23.2 Å². The molecule has 1 aliphatic heterocycles. The number of anilines is 1. The third-order valence-electron chi connectivity index (χ3n) is 7.27. The Morgan fingerprint density at radius 2 is 1.85 bits per heavy atom. The molecular weight excluding hydrogens is 553 g/mol. The van der Waals surface area contributed by atoms with Gasteiger partial charge in [-0.05, 0) is 43.9 Å². The van der Waals surface area contributed by atoms with Gasteiger partial charge in [-0.3, -0.25) is 0 Å². The van der Waals surface area contributed by atoms with Crippen molar-refractivity contribution in [3.8, 4) is 11.3 Å². The van der Waals surface area contributed by atoms with Crippen LogP contribution in [0.1, 0.15) is 42.9 Å². The van der Waals surface area contributed by atoms with Crippen molar-refractivity contribution >= 4 is 42.9 Å². The highest BCUT2D eigenvalue weighted by Crippen LogP contribution is 2.46. The first kappa shape index (κ1) is 28.2. The predicted octanol–water partition coefficient (Wildman–Crippen LogP) is 7.77. The SMILES string of the molecule is [C-]#[N+]c1cc(N2CCC(OCc3c(-c4c(Cl)cccc4Cl)noc3C3CC3)CC2)nn1COCC[Si](C)(C)C. The van der Waals surface area contributed by atoms with Gasteiger partial charge in [-0.15, -0.1) is 0 Å². The number of piperidine rings is 1. The molecule has 0 spiro atoms. The van der Waals surface area contributed by atoms with Crippen LogP contribution in [0.3, 0.4) is 0 Å². The van der Waals surface area contributed by atoms with E-state index in [1.165, 1.54) is 0 Å². The maximum Gasteiger partial charge on any atom is 0.256 e. The number of nitrogens with zero attached hydrogens (tertiary/aromatic N) is 5. The molecule has 1 aliphatic carbocycles. The Labute approximate surface area is 241 Å². The summed E-state index contributed by atoms with van der Waals surface area (Å²) in [6, 6.07) is 8.40. The highest BCUT2D eigenvalue weighted by Gasteiger charge is 2.34. The third-order valence-corrected chi connectivity index (χ3v) is 9.60.